The number of nitrogens with one attached hydrogen (secondary N) is 1. The molecule has 1 aromatic carbocycles. The third-order valence-corrected chi connectivity index (χ3v) is 3.90. The lowest BCUT2D eigenvalue weighted by atomic mass is 9.99. The molecule has 0 atom stereocenters. The molecule has 1 aliphatic heterocycles. The van der Waals surface area contributed by atoms with Crippen LogP contribution in [0.3, 0.4) is 0 Å². The number of pyridine rings is 1. The quantitative estimate of drug-likeness (QED) is 0.936. The molecule has 4 heteroatoms. The highest BCUT2D eigenvalue weighted by molar-refractivity contribution is 5.96. The van der Waals surface area contributed by atoms with Crippen LogP contribution < -0.4 is 5.32 Å². The molecule has 1 aliphatic rings. The van der Waals surface area contributed by atoms with Crippen molar-refractivity contribution in [1.82, 2.24) is 9.88 Å². The predicted molar refractivity (Wildman–Crippen MR) is 83.5 cm³/mol. The summed E-state index contributed by atoms with van der Waals surface area (Å²) >= 11 is 0. The Balaban J connectivity index is 1.60. The van der Waals surface area contributed by atoms with E-state index in [9.17, 15) is 4.79 Å². The van der Waals surface area contributed by atoms with E-state index >= 15 is 0 Å². The van der Waals surface area contributed by atoms with Gasteiger partial charge in [-0.05, 0) is 36.6 Å². The minimum absolute atomic E-state index is 0.144. The zero-order valence-electron chi connectivity index (χ0n) is 12.2. The second-order valence-corrected chi connectivity index (χ2v) is 5.32. The van der Waals surface area contributed by atoms with Gasteiger partial charge in [0.25, 0.3) is 5.91 Å². The van der Waals surface area contributed by atoms with Crippen molar-refractivity contribution >= 4 is 11.6 Å². The molecular weight excluding hydrogens is 262 g/mol. The largest absolute Gasteiger partial charge is 0.383 e. The van der Waals surface area contributed by atoms with Gasteiger partial charge < -0.3 is 10.2 Å². The Labute approximate surface area is 124 Å². The molecule has 108 valence electrons. The summed E-state index contributed by atoms with van der Waals surface area (Å²) in [7, 11) is 0. The van der Waals surface area contributed by atoms with E-state index in [1.165, 1.54) is 0 Å². The summed E-state index contributed by atoms with van der Waals surface area (Å²) in [6.07, 6.45) is 4.55. The van der Waals surface area contributed by atoms with Crippen LogP contribution in [0.5, 0.6) is 0 Å². The Kier molecular flexibility index (Phi) is 3.86. The lowest BCUT2D eigenvalue weighted by Gasteiger charge is -2.28. The molecule has 1 aromatic heterocycles. The van der Waals surface area contributed by atoms with Gasteiger partial charge in [-0.15, -0.1) is 0 Å². The molecule has 0 fully saturated rings. The highest BCUT2D eigenvalue weighted by atomic mass is 16.2. The Bertz CT molecular complexity index is 654. The van der Waals surface area contributed by atoms with E-state index in [1.807, 2.05) is 48.4 Å². The number of aromatic nitrogens is 1. The van der Waals surface area contributed by atoms with E-state index in [2.05, 4.69) is 10.3 Å². The maximum Gasteiger partial charge on any atom is 0.254 e. The molecule has 0 radical (unpaired) electrons. The number of amides is 1. The zero-order chi connectivity index (χ0) is 14.7. The molecule has 2 heterocycles. The number of fused-ring (bicyclic) bond motifs is 1. The SMILES string of the molecule is Cc1cnccc1NCCN1CCc2ccccc2C1=O. The van der Waals surface area contributed by atoms with Crippen molar-refractivity contribution in [2.24, 2.45) is 0 Å². The van der Waals surface area contributed by atoms with Crippen LogP contribution in [0, 0.1) is 6.92 Å². The monoisotopic (exact) mass is 281 g/mol. The number of carbonyl (C=O) groups excluding carboxylic acids is 1. The standard InChI is InChI=1S/C17H19N3O/c1-13-12-18-8-6-16(13)19-9-11-20-10-7-14-4-2-3-5-15(14)17(20)21/h2-6,8,12H,7,9-11H2,1H3,(H,18,19). The fraction of sp³-hybridized carbons (Fsp3) is 0.294. The van der Waals surface area contributed by atoms with Crippen LogP contribution in [-0.4, -0.2) is 35.4 Å². The van der Waals surface area contributed by atoms with Gasteiger partial charge in [-0.25, -0.2) is 0 Å². The summed E-state index contributed by atoms with van der Waals surface area (Å²) in [6.45, 7) is 4.29. The first-order valence-corrected chi connectivity index (χ1v) is 7.27. The highest BCUT2D eigenvalue weighted by Crippen LogP contribution is 2.18. The van der Waals surface area contributed by atoms with Crippen molar-refractivity contribution < 1.29 is 4.79 Å². The Morgan fingerprint density at radius 3 is 3.00 bits per heavy atom. The van der Waals surface area contributed by atoms with Crippen LogP contribution in [0.15, 0.2) is 42.7 Å². The van der Waals surface area contributed by atoms with Crippen molar-refractivity contribution in [3.8, 4) is 0 Å². The Morgan fingerprint density at radius 2 is 2.14 bits per heavy atom. The highest BCUT2D eigenvalue weighted by Gasteiger charge is 2.23. The van der Waals surface area contributed by atoms with Crippen LogP contribution in [0.4, 0.5) is 5.69 Å². The van der Waals surface area contributed by atoms with Gasteiger partial charge in [0.2, 0.25) is 0 Å². The molecule has 0 spiro atoms. The van der Waals surface area contributed by atoms with Crippen LogP contribution in [0.2, 0.25) is 0 Å². The van der Waals surface area contributed by atoms with Crippen molar-refractivity contribution in [3.63, 3.8) is 0 Å². The lowest BCUT2D eigenvalue weighted by molar-refractivity contribution is 0.0746. The average molecular weight is 281 g/mol. The van der Waals surface area contributed by atoms with Crippen LogP contribution in [0.1, 0.15) is 21.5 Å². The molecule has 1 N–H and O–H groups in total. The second-order valence-electron chi connectivity index (χ2n) is 5.32. The van der Waals surface area contributed by atoms with Crippen molar-refractivity contribution in [2.75, 3.05) is 25.0 Å². The van der Waals surface area contributed by atoms with Gasteiger partial charge >= 0.3 is 0 Å². The van der Waals surface area contributed by atoms with Gasteiger partial charge in [0.05, 0.1) is 0 Å². The van der Waals surface area contributed by atoms with Gasteiger partial charge in [-0.3, -0.25) is 9.78 Å². The van der Waals surface area contributed by atoms with E-state index in [1.54, 1.807) is 6.20 Å². The van der Waals surface area contributed by atoms with E-state index in [4.69, 9.17) is 0 Å². The van der Waals surface area contributed by atoms with Crippen LogP contribution >= 0.6 is 0 Å². The van der Waals surface area contributed by atoms with Crippen molar-refractivity contribution in [2.45, 2.75) is 13.3 Å². The van der Waals surface area contributed by atoms with E-state index in [0.717, 1.165) is 48.4 Å². The van der Waals surface area contributed by atoms with Crippen LogP contribution in [0.25, 0.3) is 0 Å². The van der Waals surface area contributed by atoms with E-state index in [-0.39, 0.29) is 5.91 Å². The molecular formula is C17H19N3O. The minimum Gasteiger partial charge on any atom is -0.383 e. The van der Waals surface area contributed by atoms with Crippen molar-refractivity contribution in [1.29, 1.82) is 0 Å². The molecule has 0 saturated carbocycles. The van der Waals surface area contributed by atoms with Gasteiger partial charge in [0, 0.05) is 43.3 Å². The summed E-state index contributed by atoms with van der Waals surface area (Å²) in [6, 6.07) is 9.85. The summed E-state index contributed by atoms with van der Waals surface area (Å²) in [5.74, 6) is 0.144. The summed E-state index contributed by atoms with van der Waals surface area (Å²) < 4.78 is 0. The topological polar surface area (TPSA) is 45.2 Å². The third-order valence-electron chi connectivity index (χ3n) is 3.90. The fourth-order valence-electron chi connectivity index (χ4n) is 2.68. The molecule has 0 unspecified atom stereocenters. The normalized spacial score (nSPS) is 14.0. The number of hydrogen-bond acceptors (Lipinski definition) is 3. The molecule has 2 aromatic rings. The number of carbonyl (C=O) groups is 1. The zero-order valence-corrected chi connectivity index (χ0v) is 12.2. The molecule has 3 rings (SSSR count). The summed E-state index contributed by atoms with van der Waals surface area (Å²) in [5.41, 5.74) is 4.21. The Morgan fingerprint density at radius 1 is 1.29 bits per heavy atom. The maximum absolute atomic E-state index is 12.4. The van der Waals surface area contributed by atoms with Crippen molar-refractivity contribution in [3.05, 3.63) is 59.4 Å². The lowest BCUT2D eigenvalue weighted by Crippen LogP contribution is -2.40. The van der Waals surface area contributed by atoms with Crippen LogP contribution in [-0.2, 0) is 6.42 Å². The van der Waals surface area contributed by atoms with Gasteiger partial charge in [-0.2, -0.15) is 0 Å². The number of nitrogens with zero attached hydrogens (tertiary/aromatic N) is 2. The summed E-state index contributed by atoms with van der Waals surface area (Å²) in [4.78, 5) is 18.4. The third kappa shape index (κ3) is 2.89. The molecule has 0 saturated heterocycles. The number of rotatable bonds is 4. The number of aryl methyl sites for hydroxylation is 1. The molecule has 0 aliphatic carbocycles. The first-order valence-electron chi connectivity index (χ1n) is 7.27. The Hall–Kier alpha value is -2.36. The smallest absolute Gasteiger partial charge is 0.254 e. The first kappa shape index (κ1) is 13.6. The van der Waals surface area contributed by atoms with Gasteiger partial charge in [0.15, 0.2) is 0 Å². The number of hydrogen-bond donors (Lipinski definition) is 1. The average Bonchev–Trinajstić information content (AvgIpc) is 2.52. The molecule has 4 nitrogen and oxygen atoms in total. The number of benzene rings is 1. The molecule has 21 heavy (non-hydrogen) atoms. The molecule has 0 bridgehead atoms. The first-order chi connectivity index (χ1) is 10.3. The van der Waals surface area contributed by atoms with E-state index < -0.39 is 0 Å². The fourth-order valence-corrected chi connectivity index (χ4v) is 2.68. The predicted octanol–water partition coefficient (Wildman–Crippen LogP) is 2.50. The van der Waals surface area contributed by atoms with Gasteiger partial charge in [-0.1, -0.05) is 18.2 Å². The summed E-state index contributed by atoms with van der Waals surface area (Å²) in [5, 5.41) is 3.37. The maximum atomic E-state index is 12.4. The minimum atomic E-state index is 0.144. The van der Waals surface area contributed by atoms with Gasteiger partial charge in [0.1, 0.15) is 0 Å². The molecule has 1 amide bonds. The second kappa shape index (κ2) is 5.95. The number of anilines is 1. The van der Waals surface area contributed by atoms with E-state index in [0.29, 0.717) is 0 Å².